The van der Waals surface area contributed by atoms with Crippen LogP contribution in [0.25, 0.3) is 5.57 Å². The number of hydrogen-bond donors (Lipinski definition) is 1. The Balaban J connectivity index is 0.00000312. The third-order valence-electron chi connectivity index (χ3n) is 3.77. The summed E-state index contributed by atoms with van der Waals surface area (Å²) in [6, 6.07) is 9.53. The Morgan fingerprint density at radius 2 is 1.84 bits per heavy atom. The van der Waals surface area contributed by atoms with Crippen LogP contribution < -0.4 is 40.4 Å². The molecule has 1 atom stereocenters. The first-order chi connectivity index (χ1) is 11.4. The minimum atomic E-state index is -1.38. The smallest absolute Gasteiger partial charge is 0.548 e. The van der Waals surface area contributed by atoms with E-state index in [1.54, 1.807) is 0 Å². The molecule has 0 aliphatic carbocycles. The van der Waals surface area contributed by atoms with E-state index in [-0.39, 0.29) is 41.5 Å². The van der Waals surface area contributed by atoms with Crippen molar-refractivity contribution < 1.29 is 48.2 Å². The third kappa shape index (κ3) is 5.75. The van der Waals surface area contributed by atoms with Crippen LogP contribution in [0.5, 0.6) is 0 Å². The van der Waals surface area contributed by atoms with Crippen molar-refractivity contribution in [2.45, 2.75) is 25.8 Å². The van der Waals surface area contributed by atoms with Crippen LogP contribution in [-0.4, -0.2) is 12.0 Å². The number of carbonyl (C=O) groups is 1. The van der Waals surface area contributed by atoms with E-state index in [9.17, 15) is 18.7 Å². The first kappa shape index (κ1) is 21.5. The minimum Gasteiger partial charge on any atom is -0.548 e. The van der Waals surface area contributed by atoms with E-state index in [4.69, 9.17) is 5.73 Å². The summed E-state index contributed by atoms with van der Waals surface area (Å²) in [6.07, 6.45) is 2.38. The van der Waals surface area contributed by atoms with Gasteiger partial charge in [0.1, 0.15) is 11.6 Å². The summed E-state index contributed by atoms with van der Waals surface area (Å²) in [6.45, 7) is 2.02. The first-order valence-electron chi connectivity index (χ1n) is 7.63. The molecule has 25 heavy (non-hydrogen) atoms. The van der Waals surface area contributed by atoms with E-state index >= 15 is 0 Å². The van der Waals surface area contributed by atoms with Crippen molar-refractivity contribution in [3.05, 3.63) is 76.9 Å². The number of rotatable bonds is 6. The Hall–Kier alpha value is -1.53. The number of carboxylic acid groups (broad SMARTS) is 1. The molecule has 0 aliphatic heterocycles. The maximum Gasteiger partial charge on any atom is 1.00 e. The van der Waals surface area contributed by atoms with E-state index < -0.39 is 23.6 Å². The average Bonchev–Trinajstić information content (AvgIpc) is 2.56. The van der Waals surface area contributed by atoms with Crippen molar-refractivity contribution in [3.8, 4) is 0 Å². The normalized spacial score (nSPS) is 12.4. The second kappa shape index (κ2) is 9.82. The molecule has 2 N–H and O–H groups in total. The summed E-state index contributed by atoms with van der Waals surface area (Å²) in [5, 5.41) is 10.8. The topological polar surface area (TPSA) is 66.2 Å². The molecule has 0 fully saturated rings. The summed E-state index contributed by atoms with van der Waals surface area (Å²) in [5.41, 5.74) is 7.93. The fourth-order valence-electron chi connectivity index (χ4n) is 2.35. The van der Waals surface area contributed by atoms with Gasteiger partial charge in [-0.25, -0.2) is 8.78 Å². The van der Waals surface area contributed by atoms with Gasteiger partial charge in [0.25, 0.3) is 0 Å². The zero-order chi connectivity index (χ0) is 17.7. The zero-order valence-corrected chi connectivity index (χ0v) is 16.3. The van der Waals surface area contributed by atoms with Crippen LogP contribution in [0.2, 0.25) is 0 Å². The van der Waals surface area contributed by atoms with Crippen LogP contribution in [0, 0.1) is 11.6 Å². The molecule has 0 amide bonds. The van der Waals surface area contributed by atoms with Crippen molar-refractivity contribution in [1.29, 1.82) is 0 Å². The van der Waals surface area contributed by atoms with E-state index in [0.717, 1.165) is 24.1 Å². The van der Waals surface area contributed by atoms with Crippen molar-refractivity contribution in [2.75, 3.05) is 0 Å². The molecule has 2 rings (SSSR count). The van der Waals surface area contributed by atoms with Crippen molar-refractivity contribution >= 4 is 11.5 Å². The fraction of sp³-hybridized carbons (Fsp3) is 0.211. The van der Waals surface area contributed by atoms with Crippen molar-refractivity contribution in [2.24, 2.45) is 5.73 Å². The molecular formula is C19H18F2NNaO2. The molecule has 0 heterocycles. The number of aryl methyl sites for hydroxylation is 1. The second-order valence-corrected chi connectivity index (χ2v) is 5.45. The molecule has 0 saturated heterocycles. The molecule has 6 heteroatoms. The predicted molar refractivity (Wildman–Crippen MR) is 86.9 cm³/mol. The van der Waals surface area contributed by atoms with Gasteiger partial charge in [-0.1, -0.05) is 37.3 Å². The SMILES string of the molecule is CCc1ccc(/C(=C\CC(N)C(=O)[O-])c2ccc(F)cc2F)cc1.[Na+]. The number of benzene rings is 2. The summed E-state index contributed by atoms with van der Waals surface area (Å²) in [5.74, 6) is -2.78. The van der Waals surface area contributed by atoms with Gasteiger partial charge in [0, 0.05) is 17.7 Å². The van der Waals surface area contributed by atoms with Gasteiger partial charge < -0.3 is 15.6 Å². The molecule has 0 aromatic heterocycles. The summed E-state index contributed by atoms with van der Waals surface area (Å²) < 4.78 is 27.3. The van der Waals surface area contributed by atoms with E-state index in [1.165, 1.54) is 12.1 Å². The first-order valence-corrected chi connectivity index (χ1v) is 7.63. The number of hydrogen-bond acceptors (Lipinski definition) is 3. The van der Waals surface area contributed by atoms with Gasteiger partial charge in [0.05, 0.1) is 5.97 Å². The van der Waals surface area contributed by atoms with Crippen molar-refractivity contribution in [3.63, 3.8) is 0 Å². The summed E-state index contributed by atoms with van der Waals surface area (Å²) in [7, 11) is 0. The zero-order valence-electron chi connectivity index (χ0n) is 14.3. The second-order valence-electron chi connectivity index (χ2n) is 5.45. The molecule has 3 nitrogen and oxygen atoms in total. The number of halogens is 2. The van der Waals surface area contributed by atoms with Gasteiger partial charge in [-0.3, -0.25) is 0 Å². The molecule has 0 bridgehead atoms. The number of aliphatic carboxylic acids is 1. The third-order valence-corrected chi connectivity index (χ3v) is 3.77. The Kier molecular flexibility index (Phi) is 8.45. The molecule has 0 aliphatic rings. The monoisotopic (exact) mass is 353 g/mol. The maximum absolute atomic E-state index is 14.2. The molecule has 0 saturated carbocycles. The maximum atomic E-state index is 14.2. The Morgan fingerprint density at radius 1 is 1.20 bits per heavy atom. The molecular weight excluding hydrogens is 335 g/mol. The summed E-state index contributed by atoms with van der Waals surface area (Å²) in [4.78, 5) is 10.8. The fourth-order valence-corrected chi connectivity index (χ4v) is 2.35. The van der Waals surface area contributed by atoms with E-state index in [0.29, 0.717) is 11.1 Å². The van der Waals surface area contributed by atoms with E-state index in [2.05, 4.69) is 0 Å². The summed E-state index contributed by atoms with van der Waals surface area (Å²) >= 11 is 0. The minimum absolute atomic E-state index is 0. The van der Waals surface area contributed by atoms with Gasteiger partial charge in [-0.15, -0.1) is 0 Å². The molecule has 2 aromatic rings. The largest absolute Gasteiger partial charge is 1.00 e. The van der Waals surface area contributed by atoms with Crippen LogP contribution in [-0.2, 0) is 11.2 Å². The van der Waals surface area contributed by atoms with Crippen LogP contribution >= 0.6 is 0 Å². The van der Waals surface area contributed by atoms with Gasteiger partial charge >= 0.3 is 29.6 Å². The number of nitrogens with two attached hydrogens (primary N) is 1. The van der Waals surface area contributed by atoms with Gasteiger partial charge in [-0.05, 0) is 41.7 Å². The quantitative estimate of drug-likeness (QED) is 0.708. The number of carboxylic acids is 1. The molecule has 0 spiro atoms. The van der Waals surface area contributed by atoms with Crippen LogP contribution in [0.3, 0.4) is 0 Å². The van der Waals surface area contributed by atoms with E-state index in [1.807, 2.05) is 31.2 Å². The van der Waals surface area contributed by atoms with Crippen LogP contribution in [0.15, 0.2) is 48.5 Å². The number of carbonyl (C=O) groups excluding carboxylic acids is 1. The van der Waals surface area contributed by atoms with Crippen LogP contribution in [0.4, 0.5) is 8.78 Å². The Labute approximate surface area is 167 Å². The standard InChI is InChI=1S/C19H19F2NO2.Na/c1-2-12-3-5-13(6-4-12)15(9-10-18(22)19(23)24)16-8-7-14(20)11-17(16)21;/h3-9,11,18H,2,10,22H2,1H3,(H,23,24);/q;+1/p-1/b15-9+;. The molecule has 126 valence electrons. The van der Waals surface area contributed by atoms with Crippen LogP contribution in [0.1, 0.15) is 30.0 Å². The average molecular weight is 353 g/mol. The Bertz CT molecular complexity index is 761. The van der Waals surface area contributed by atoms with Gasteiger partial charge in [-0.2, -0.15) is 0 Å². The molecule has 1 unspecified atom stereocenters. The van der Waals surface area contributed by atoms with Crippen molar-refractivity contribution in [1.82, 2.24) is 0 Å². The predicted octanol–water partition coefficient (Wildman–Crippen LogP) is -0.570. The molecule has 2 aromatic carbocycles. The molecule has 0 radical (unpaired) electrons. The van der Waals surface area contributed by atoms with Gasteiger partial charge in [0.15, 0.2) is 0 Å². The Morgan fingerprint density at radius 3 is 2.36 bits per heavy atom. The van der Waals surface area contributed by atoms with Gasteiger partial charge in [0.2, 0.25) is 0 Å².